The summed E-state index contributed by atoms with van der Waals surface area (Å²) in [6, 6.07) is 4.83. The summed E-state index contributed by atoms with van der Waals surface area (Å²) in [6.45, 7) is 1.49. The first kappa shape index (κ1) is 19.1. The Morgan fingerprint density at radius 2 is 1.93 bits per heavy atom. The number of nitrogens with zero attached hydrogens (tertiary/aromatic N) is 6. The number of aromatic nitrogens is 5. The molecule has 0 amide bonds. The molecule has 1 aromatic carbocycles. The molecule has 0 radical (unpaired) electrons. The van der Waals surface area contributed by atoms with E-state index in [-0.39, 0.29) is 23.6 Å². The average molecular weight is 408 g/mol. The van der Waals surface area contributed by atoms with Gasteiger partial charge in [-0.3, -0.25) is 10.1 Å². The number of carbonyl (C=O) groups excluding carboxylic acids is 1. The lowest BCUT2D eigenvalue weighted by molar-refractivity contribution is -0.384. The predicted molar refractivity (Wildman–Crippen MR) is 92.1 cm³/mol. The predicted octanol–water partition coefficient (Wildman–Crippen LogP) is -0.236. The Labute approximate surface area is 156 Å². The Bertz CT molecular complexity index is 1260. The average Bonchev–Trinajstić information content (AvgIpc) is 3.03. The zero-order chi connectivity index (χ0) is 20.6. The lowest BCUT2D eigenvalue weighted by atomic mass is 10.3. The van der Waals surface area contributed by atoms with Crippen LogP contribution in [0.1, 0.15) is 17.3 Å². The molecule has 0 aliphatic carbocycles. The molecule has 0 aliphatic rings. The van der Waals surface area contributed by atoms with Crippen LogP contribution in [0.15, 0.2) is 34.1 Å². The van der Waals surface area contributed by atoms with E-state index in [1.165, 1.54) is 19.1 Å². The van der Waals surface area contributed by atoms with E-state index in [0.29, 0.717) is 4.52 Å². The van der Waals surface area contributed by atoms with E-state index in [2.05, 4.69) is 15.4 Å². The molecule has 0 bridgehead atoms. The van der Waals surface area contributed by atoms with Gasteiger partial charge in [-0.1, -0.05) is 5.21 Å². The van der Waals surface area contributed by atoms with Crippen molar-refractivity contribution in [3.63, 3.8) is 0 Å². The molecule has 0 unspecified atom stereocenters. The van der Waals surface area contributed by atoms with E-state index in [9.17, 15) is 28.1 Å². The minimum Gasteiger partial charge on any atom is -0.462 e. The molecule has 14 heteroatoms. The summed E-state index contributed by atoms with van der Waals surface area (Å²) in [6.07, 6.45) is 0.819. The number of esters is 1. The van der Waals surface area contributed by atoms with E-state index in [4.69, 9.17) is 4.74 Å². The Kier molecular flexibility index (Phi) is 4.64. The molecule has 0 saturated heterocycles. The number of hydrogen-bond acceptors (Lipinski definition) is 10. The molecule has 0 atom stereocenters. The van der Waals surface area contributed by atoms with E-state index in [1.807, 2.05) is 0 Å². The normalized spacial score (nSPS) is 11.5. The van der Waals surface area contributed by atoms with Crippen LogP contribution < -0.4 is 5.69 Å². The minimum absolute atomic E-state index is 0.0351. The number of sulfone groups is 1. The largest absolute Gasteiger partial charge is 0.462 e. The van der Waals surface area contributed by atoms with Gasteiger partial charge in [-0.05, 0) is 19.1 Å². The summed E-state index contributed by atoms with van der Waals surface area (Å²) in [5.74, 6) is -1.01. The zero-order valence-corrected chi connectivity index (χ0v) is 15.3. The highest BCUT2D eigenvalue weighted by Crippen LogP contribution is 2.19. The van der Waals surface area contributed by atoms with Crippen LogP contribution in [-0.2, 0) is 14.6 Å². The molecule has 3 aromatic rings. The van der Waals surface area contributed by atoms with E-state index < -0.39 is 37.0 Å². The van der Waals surface area contributed by atoms with Crippen LogP contribution in [0.25, 0.3) is 11.3 Å². The summed E-state index contributed by atoms with van der Waals surface area (Å²) >= 11 is 0. The van der Waals surface area contributed by atoms with Crippen molar-refractivity contribution in [3.05, 3.63) is 50.4 Å². The summed E-state index contributed by atoms with van der Waals surface area (Å²) < 4.78 is 30.2. The van der Waals surface area contributed by atoms with Crippen molar-refractivity contribution in [1.29, 1.82) is 0 Å². The number of non-ortho nitro benzene ring substituents is 1. The van der Waals surface area contributed by atoms with Crippen molar-refractivity contribution in [1.82, 2.24) is 24.6 Å². The highest BCUT2D eigenvalue weighted by molar-refractivity contribution is 7.90. The third-order valence-corrected chi connectivity index (χ3v) is 4.54. The Balaban J connectivity index is 2.26. The van der Waals surface area contributed by atoms with Crippen LogP contribution in [0, 0.1) is 10.1 Å². The van der Waals surface area contributed by atoms with Crippen LogP contribution in [0.4, 0.5) is 5.69 Å². The monoisotopic (exact) mass is 408 g/mol. The Morgan fingerprint density at radius 1 is 1.29 bits per heavy atom. The topological polar surface area (TPSA) is 169 Å². The molecule has 146 valence electrons. The van der Waals surface area contributed by atoms with Crippen molar-refractivity contribution >= 4 is 27.1 Å². The van der Waals surface area contributed by atoms with Gasteiger partial charge in [-0.15, -0.1) is 10.2 Å². The smallest absolute Gasteiger partial charge is 0.373 e. The Morgan fingerprint density at radius 3 is 2.46 bits per heavy atom. The molecule has 28 heavy (non-hydrogen) atoms. The second kappa shape index (κ2) is 6.80. The number of ether oxygens (including phenoxy) is 1. The second-order valence-electron chi connectivity index (χ2n) is 5.47. The molecule has 2 heterocycles. The van der Waals surface area contributed by atoms with E-state index in [0.717, 1.165) is 23.1 Å². The fourth-order valence-electron chi connectivity index (χ4n) is 2.35. The highest BCUT2D eigenvalue weighted by Gasteiger charge is 2.30. The number of rotatable bonds is 5. The van der Waals surface area contributed by atoms with Crippen LogP contribution >= 0.6 is 0 Å². The summed E-state index contributed by atoms with van der Waals surface area (Å²) in [7, 11) is -3.99. The van der Waals surface area contributed by atoms with Crippen molar-refractivity contribution in [2.24, 2.45) is 0 Å². The van der Waals surface area contributed by atoms with Crippen LogP contribution in [0.5, 0.6) is 0 Å². The maximum absolute atomic E-state index is 12.7. The standard InChI is InChI=1S/C14H12N6O7S/c1-3-27-13(21)10-11-15-17-18(8-4-6-9(7-5-8)20(23)24)14(22)19(11)16-12(10)28(2,25)26/h4-7H,3H2,1-2H3. The van der Waals surface area contributed by atoms with Crippen molar-refractivity contribution in [3.8, 4) is 5.69 Å². The Hall–Kier alpha value is -3.68. The van der Waals surface area contributed by atoms with Crippen LogP contribution in [0.2, 0.25) is 0 Å². The van der Waals surface area contributed by atoms with Gasteiger partial charge in [0.25, 0.3) is 5.69 Å². The lowest BCUT2D eigenvalue weighted by Crippen LogP contribution is -2.29. The summed E-state index contributed by atoms with van der Waals surface area (Å²) in [5, 5.41) is 21.2. The molecule has 0 saturated carbocycles. The number of nitro groups is 1. The van der Waals surface area contributed by atoms with Gasteiger partial charge in [0.05, 0.1) is 17.2 Å². The molecule has 3 rings (SSSR count). The maximum atomic E-state index is 12.7. The molecule has 13 nitrogen and oxygen atoms in total. The fourth-order valence-corrected chi connectivity index (χ4v) is 3.12. The summed E-state index contributed by atoms with van der Waals surface area (Å²) in [4.78, 5) is 35.0. The van der Waals surface area contributed by atoms with Gasteiger partial charge in [0.1, 0.15) is 5.56 Å². The number of hydrogen-bond donors (Lipinski definition) is 0. The SMILES string of the molecule is CCOC(=O)c1c(S(C)(=O)=O)nn2c(=O)n(-c3ccc([N+](=O)[O-])cc3)nnc12. The number of nitro benzene ring substituents is 1. The molecule has 0 aliphatic heterocycles. The molecular weight excluding hydrogens is 396 g/mol. The molecule has 2 aromatic heterocycles. The molecule has 0 spiro atoms. The number of fused-ring (bicyclic) bond motifs is 1. The van der Waals surface area contributed by atoms with Crippen LogP contribution in [-0.4, -0.2) is 56.8 Å². The molecule has 0 N–H and O–H groups in total. The van der Waals surface area contributed by atoms with Gasteiger partial charge in [0, 0.05) is 18.4 Å². The van der Waals surface area contributed by atoms with E-state index >= 15 is 0 Å². The van der Waals surface area contributed by atoms with Crippen LogP contribution in [0.3, 0.4) is 0 Å². The van der Waals surface area contributed by atoms with Gasteiger partial charge >= 0.3 is 11.7 Å². The van der Waals surface area contributed by atoms with Gasteiger partial charge in [0.2, 0.25) is 5.65 Å². The lowest BCUT2D eigenvalue weighted by Gasteiger charge is -2.03. The first-order valence-electron chi connectivity index (χ1n) is 7.66. The van der Waals surface area contributed by atoms with Gasteiger partial charge in [-0.25, -0.2) is 18.0 Å². The third kappa shape index (κ3) is 3.20. The second-order valence-corrected chi connectivity index (χ2v) is 7.40. The molecular formula is C14H12N6O7S. The quantitative estimate of drug-likeness (QED) is 0.312. The van der Waals surface area contributed by atoms with Gasteiger partial charge in [0.15, 0.2) is 14.9 Å². The van der Waals surface area contributed by atoms with Crippen molar-refractivity contribution in [2.45, 2.75) is 11.9 Å². The van der Waals surface area contributed by atoms with Crippen molar-refractivity contribution < 1.29 is 22.9 Å². The third-order valence-electron chi connectivity index (χ3n) is 3.56. The zero-order valence-electron chi connectivity index (χ0n) is 14.5. The fraction of sp³-hybridized carbons (Fsp3) is 0.214. The molecule has 0 fully saturated rings. The maximum Gasteiger partial charge on any atom is 0.373 e. The van der Waals surface area contributed by atoms with Gasteiger partial charge in [-0.2, -0.15) is 9.20 Å². The summed E-state index contributed by atoms with van der Waals surface area (Å²) in [5.41, 5.74) is -1.89. The van der Waals surface area contributed by atoms with Crippen molar-refractivity contribution in [2.75, 3.05) is 12.9 Å². The minimum atomic E-state index is -3.99. The first-order valence-corrected chi connectivity index (χ1v) is 9.55. The van der Waals surface area contributed by atoms with E-state index in [1.54, 1.807) is 0 Å². The van der Waals surface area contributed by atoms with Gasteiger partial charge < -0.3 is 4.74 Å². The highest BCUT2D eigenvalue weighted by atomic mass is 32.2. The number of benzene rings is 1. The number of carbonyl (C=O) groups is 1. The first-order chi connectivity index (χ1) is 13.1.